The molecule has 2 aliphatic heterocycles. The summed E-state index contributed by atoms with van der Waals surface area (Å²) in [6, 6.07) is 5.54. The Bertz CT molecular complexity index is 1020. The molecule has 30 heavy (non-hydrogen) atoms. The number of nitrogen functional groups attached to an aromatic ring is 1. The number of ether oxygens (including phenoxy) is 1. The minimum atomic E-state index is -0.924. The summed E-state index contributed by atoms with van der Waals surface area (Å²) in [5, 5.41) is 16.2. The molecular formula is C18H19N7O5. The fourth-order valence-electron chi connectivity index (χ4n) is 3.44. The molecule has 3 heterocycles. The van der Waals surface area contributed by atoms with Crippen LogP contribution in [-0.4, -0.2) is 53.0 Å². The molecule has 1 saturated heterocycles. The number of anilines is 4. The average Bonchev–Trinajstić information content (AvgIpc) is 2.73. The summed E-state index contributed by atoms with van der Waals surface area (Å²) in [5.41, 5.74) is 6.56. The van der Waals surface area contributed by atoms with E-state index in [9.17, 15) is 19.7 Å². The van der Waals surface area contributed by atoms with E-state index < -0.39 is 16.7 Å². The van der Waals surface area contributed by atoms with E-state index in [-0.39, 0.29) is 35.3 Å². The standard InChI is InChI=1S/C18H19N7O5/c19-15-14-12(17(27)20-10-2-1-3-11(8-10)25(28)29)9-13(26)21-16(14)23-18(22-15)24-4-6-30-7-5-24/h1-3,8,12H,4-7,9H2,(H,20,27)(H3,19,21,22,23,26)/t12-/m1/s1. The van der Waals surface area contributed by atoms with Gasteiger partial charge in [-0.1, -0.05) is 6.07 Å². The lowest BCUT2D eigenvalue weighted by Crippen LogP contribution is -2.38. The summed E-state index contributed by atoms with van der Waals surface area (Å²) in [4.78, 5) is 46.1. The fourth-order valence-corrected chi connectivity index (χ4v) is 3.44. The van der Waals surface area contributed by atoms with E-state index in [0.29, 0.717) is 37.8 Å². The Kier molecular flexibility index (Phi) is 5.14. The summed E-state index contributed by atoms with van der Waals surface area (Å²) >= 11 is 0. The van der Waals surface area contributed by atoms with Gasteiger partial charge in [0.25, 0.3) is 5.69 Å². The van der Waals surface area contributed by atoms with Crippen LogP contribution in [0.4, 0.5) is 29.0 Å². The third-order valence-electron chi connectivity index (χ3n) is 4.89. The number of carbonyl (C=O) groups is 2. The minimum absolute atomic E-state index is 0.0979. The van der Waals surface area contributed by atoms with Gasteiger partial charge in [-0.05, 0) is 6.07 Å². The number of aromatic nitrogens is 2. The van der Waals surface area contributed by atoms with Gasteiger partial charge in [-0.25, -0.2) is 0 Å². The molecule has 4 N–H and O–H groups in total. The van der Waals surface area contributed by atoms with Gasteiger partial charge >= 0.3 is 0 Å². The molecule has 1 fully saturated rings. The van der Waals surface area contributed by atoms with E-state index in [1.807, 2.05) is 4.90 Å². The molecule has 1 aromatic carbocycles. The van der Waals surface area contributed by atoms with Crippen molar-refractivity contribution >= 4 is 40.8 Å². The summed E-state index contributed by atoms with van der Waals surface area (Å²) in [6.07, 6.45) is -0.141. The molecule has 1 atom stereocenters. The summed E-state index contributed by atoms with van der Waals surface area (Å²) in [6.45, 7) is 2.23. The maximum atomic E-state index is 12.9. The predicted octanol–water partition coefficient (Wildman–Crippen LogP) is 0.868. The van der Waals surface area contributed by atoms with Crippen LogP contribution in [0.1, 0.15) is 17.9 Å². The van der Waals surface area contributed by atoms with Crippen LogP contribution >= 0.6 is 0 Å². The highest BCUT2D eigenvalue weighted by Gasteiger charge is 2.35. The number of hydrogen-bond donors (Lipinski definition) is 3. The van der Waals surface area contributed by atoms with Gasteiger partial charge in [0.15, 0.2) is 0 Å². The van der Waals surface area contributed by atoms with Crippen molar-refractivity contribution in [1.29, 1.82) is 0 Å². The van der Waals surface area contributed by atoms with E-state index in [0.717, 1.165) is 0 Å². The minimum Gasteiger partial charge on any atom is -0.383 e. The van der Waals surface area contributed by atoms with Crippen molar-refractivity contribution in [2.75, 3.05) is 47.6 Å². The van der Waals surface area contributed by atoms with E-state index >= 15 is 0 Å². The van der Waals surface area contributed by atoms with E-state index in [2.05, 4.69) is 20.6 Å². The van der Waals surface area contributed by atoms with Crippen LogP contribution in [0.2, 0.25) is 0 Å². The first kappa shape index (κ1) is 19.5. The molecule has 0 unspecified atom stereocenters. The Morgan fingerprint density at radius 2 is 2.10 bits per heavy atom. The van der Waals surface area contributed by atoms with Crippen molar-refractivity contribution in [3.05, 3.63) is 39.9 Å². The van der Waals surface area contributed by atoms with Crippen LogP contribution in [0.25, 0.3) is 0 Å². The SMILES string of the molecule is Nc1nc(N2CCOCC2)nc2c1[C@H](C(=O)Nc1cccc([N+](=O)[O-])c1)CC(=O)N2. The molecule has 0 radical (unpaired) electrons. The number of non-ortho nitro benzene ring substituents is 1. The van der Waals surface area contributed by atoms with Gasteiger partial charge in [0.2, 0.25) is 17.8 Å². The second kappa shape index (κ2) is 7.91. The molecule has 0 aliphatic carbocycles. The fraction of sp³-hybridized carbons (Fsp3) is 0.333. The van der Waals surface area contributed by atoms with Gasteiger partial charge < -0.3 is 26.0 Å². The van der Waals surface area contributed by atoms with Crippen LogP contribution in [0.5, 0.6) is 0 Å². The Labute approximate surface area is 170 Å². The van der Waals surface area contributed by atoms with Crippen LogP contribution < -0.4 is 21.3 Å². The number of rotatable bonds is 4. The first-order chi connectivity index (χ1) is 14.4. The van der Waals surface area contributed by atoms with Gasteiger partial charge in [-0.3, -0.25) is 19.7 Å². The van der Waals surface area contributed by atoms with E-state index in [1.165, 1.54) is 24.3 Å². The number of benzene rings is 1. The third-order valence-corrected chi connectivity index (χ3v) is 4.89. The normalized spacial score (nSPS) is 18.3. The third kappa shape index (κ3) is 3.85. The average molecular weight is 413 g/mol. The lowest BCUT2D eigenvalue weighted by atomic mass is 9.92. The maximum absolute atomic E-state index is 12.9. The van der Waals surface area contributed by atoms with E-state index in [1.54, 1.807) is 0 Å². The first-order valence-electron chi connectivity index (χ1n) is 9.27. The van der Waals surface area contributed by atoms with Crippen LogP contribution in [0.15, 0.2) is 24.3 Å². The first-order valence-corrected chi connectivity index (χ1v) is 9.27. The molecule has 12 nitrogen and oxygen atoms in total. The van der Waals surface area contributed by atoms with Gasteiger partial charge in [0.1, 0.15) is 11.6 Å². The molecule has 156 valence electrons. The molecule has 0 saturated carbocycles. The highest BCUT2D eigenvalue weighted by atomic mass is 16.6. The van der Waals surface area contributed by atoms with Crippen molar-refractivity contribution in [3.8, 4) is 0 Å². The second-order valence-corrected chi connectivity index (χ2v) is 6.87. The van der Waals surface area contributed by atoms with Crippen molar-refractivity contribution in [3.63, 3.8) is 0 Å². The maximum Gasteiger partial charge on any atom is 0.271 e. The zero-order valence-corrected chi connectivity index (χ0v) is 15.8. The molecular weight excluding hydrogens is 394 g/mol. The number of nitro groups is 1. The Morgan fingerprint density at radius 1 is 1.33 bits per heavy atom. The zero-order chi connectivity index (χ0) is 21.3. The van der Waals surface area contributed by atoms with Crippen molar-refractivity contribution in [2.24, 2.45) is 0 Å². The molecule has 2 aliphatic rings. The number of carbonyl (C=O) groups excluding carboxylic acids is 2. The van der Waals surface area contributed by atoms with Gasteiger partial charge in [-0.2, -0.15) is 9.97 Å². The molecule has 0 spiro atoms. The summed E-state index contributed by atoms with van der Waals surface area (Å²) < 4.78 is 5.32. The summed E-state index contributed by atoms with van der Waals surface area (Å²) in [5.74, 6) is -1.18. The molecule has 1 aromatic heterocycles. The lowest BCUT2D eigenvalue weighted by molar-refractivity contribution is -0.384. The number of nitrogens with zero attached hydrogens (tertiary/aromatic N) is 4. The monoisotopic (exact) mass is 413 g/mol. The predicted molar refractivity (Wildman–Crippen MR) is 107 cm³/mol. The number of morpholine rings is 1. The van der Waals surface area contributed by atoms with Crippen molar-refractivity contribution < 1.29 is 19.2 Å². The second-order valence-electron chi connectivity index (χ2n) is 6.87. The van der Waals surface area contributed by atoms with Gasteiger partial charge in [-0.15, -0.1) is 0 Å². The number of nitro benzene ring substituents is 1. The highest BCUT2D eigenvalue weighted by molar-refractivity contribution is 6.05. The Hall–Kier alpha value is -3.80. The van der Waals surface area contributed by atoms with Crippen LogP contribution in [0, 0.1) is 10.1 Å². The van der Waals surface area contributed by atoms with E-state index in [4.69, 9.17) is 10.5 Å². The zero-order valence-electron chi connectivity index (χ0n) is 15.8. The number of nitrogens with two attached hydrogens (primary N) is 1. The molecule has 4 rings (SSSR count). The Balaban J connectivity index is 1.62. The lowest BCUT2D eigenvalue weighted by Gasteiger charge is -2.30. The number of fused-ring (bicyclic) bond motifs is 1. The summed E-state index contributed by atoms with van der Waals surface area (Å²) in [7, 11) is 0. The molecule has 12 heteroatoms. The molecule has 2 aromatic rings. The Morgan fingerprint density at radius 3 is 2.83 bits per heavy atom. The number of amides is 2. The topological polar surface area (TPSA) is 166 Å². The number of nitrogens with one attached hydrogen (secondary N) is 2. The largest absolute Gasteiger partial charge is 0.383 e. The molecule has 2 amide bonds. The van der Waals surface area contributed by atoms with Crippen molar-refractivity contribution in [2.45, 2.75) is 12.3 Å². The van der Waals surface area contributed by atoms with Crippen LogP contribution in [0.3, 0.4) is 0 Å². The van der Waals surface area contributed by atoms with Crippen molar-refractivity contribution in [1.82, 2.24) is 9.97 Å². The highest BCUT2D eigenvalue weighted by Crippen LogP contribution is 2.36. The quantitative estimate of drug-likeness (QED) is 0.487. The van der Waals surface area contributed by atoms with Gasteiger partial charge in [0.05, 0.1) is 29.6 Å². The number of hydrogen-bond acceptors (Lipinski definition) is 9. The van der Waals surface area contributed by atoms with Crippen LogP contribution in [-0.2, 0) is 14.3 Å². The smallest absolute Gasteiger partial charge is 0.271 e. The molecule has 0 bridgehead atoms. The van der Waals surface area contributed by atoms with Gasteiger partial charge in [0, 0.05) is 37.3 Å².